The van der Waals surface area contributed by atoms with Gasteiger partial charge in [-0.1, -0.05) is 36.4 Å². The average molecular weight is 332 g/mol. The van der Waals surface area contributed by atoms with Gasteiger partial charge in [0, 0.05) is 24.0 Å². The van der Waals surface area contributed by atoms with Crippen molar-refractivity contribution in [2.45, 2.75) is 18.9 Å². The van der Waals surface area contributed by atoms with E-state index in [1.54, 1.807) is 13.3 Å². The first kappa shape index (κ1) is 15.6. The van der Waals surface area contributed by atoms with Crippen LogP contribution in [0.3, 0.4) is 0 Å². The standard InChI is InChI=1S/C21H20N2O2/c1-25-17-9-7-14(8-10-17)18-12-19(18)21(24)23-13-16-5-2-4-15-6-3-11-22-20(15)16/h2-11,18-19H,12-13H2,1H3,(H,23,24)/t18-,19+/m0/s1. The Bertz CT molecular complexity index is 900. The third kappa shape index (κ3) is 3.20. The zero-order valence-corrected chi connectivity index (χ0v) is 14.1. The summed E-state index contributed by atoms with van der Waals surface area (Å²) in [6.07, 6.45) is 2.69. The van der Waals surface area contributed by atoms with Gasteiger partial charge in [0.1, 0.15) is 5.75 Å². The van der Waals surface area contributed by atoms with Crippen LogP contribution in [0, 0.1) is 5.92 Å². The Kier molecular flexibility index (Phi) is 4.10. The molecule has 0 radical (unpaired) electrons. The quantitative estimate of drug-likeness (QED) is 0.776. The maximum Gasteiger partial charge on any atom is 0.224 e. The van der Waals surface area contributed by atoms with Crippen LogP contribution in [0.1, 0.15) is 23.5 Å². The normalized spacial score (nSPS) is 18.8. The Morgan fingerprint density at radius 2 is 1.96 bits per heavy atom. The number of methoxy groups -OCH3 is 1. The summed E-state index contributed by atoms with van der Waals surface area (Å²) in [6, 6.07) is 18.0. The number of ether oxygens (including phenoxy) is 1. The molecule has 126 valence electrons. The lowest BCUT2D eigenvalue weighted by molar-refractivity contribution is -0.122. The molecule has 1 saturated carbocycles. The molecule has 1 amide bonds. The molecule has 1 heterocycles. The summed E-state index contributed by atoms with van der Waals surface area (Å²) in [5.74, 6) is 1.34. The Hall–Kier alpha value is -2.88. The van der Waals surface area contributed by atoms with E-state index in [2.05, 4.69) is 10.3 Å². The molecule has 0 unspecified atom stereocenters. The molecule has 0 aliphatic heterocycles. The molecule has 1 aliphatic rings. The van der Waals surface area contributed by atoms with E-state index < -0.39 is 0 Å². The van der Waals surface area contributed by atoms with Crippen molar-refractivity contribution >= 4 is 16.8 Å². The van der Waals surface area contributed by atoms with Crippen molar-refractivity contribution in [1.82, 2.24) is 10.3 Å². The summed E-state index contributed by atoms with van der Waals surface area (Å²) in [5, 5.41) is 4.17. The highest BCUT2D eigenvalue weighted by atomic mass is 16.5. The number of pyridine rings is 1. The highest BCUT2D eigenvalue weighted by Gasteiger charge is 2.43. The summed E-state index contributed by atoms with van der Waals surface area (Å²) in [5.41, 5.74) is 3.20. The molecule has 1 aromatic heterocycles. The molecule has 4 rings (SSSR count). The van der Waals surface area contributed by atoms with Gasteiger partial charge in [-0.2, -0.15) is 0 Å². The van der Waals surface area contributed by atoms with E-state index in [-0.39, 0.29) is 11.8 Å². The summed E-state index contributed by atoms with van der Waals surface area (Å²) >= 11 is 0. The average Bonchev–Trinajstić information content (AvgIpc) is 3.47. The van der Waals surface area contributed by atoms with Crippen LogP contribution in [0.5, 0.6) is 5.75 Å². The number of hydrogen-bond acceptors (Lipinski definition) is 3. The summed E-state index contributed by atoms with van der Waals surface area (Å²) in [4.78, 5) is 16.9. The first-order valence-corrected chi connectivity index (χ1v) is 8.50. The molecule has 2 atom stereocenters. The van der Waals surface area contributed by atoms with Gasteiger partial charge in [-0.15, -0.1) is 0 Å². The zero-order chi connectivity index (χ0) is 17.2. The van der Waals surface area contributed by atoms with Crippen LogP contribution in [0.15, 0.2) is 60.8 Å². The van der Waals surface area contributed by atoms with Gasteiger partial charge in [-0.05, 0) is 41.7 Å². The topological polar surface area (TPSA) is 51.2 Å². The van der Waals surface area contributed by atoms with Gasteiger partial charge in [0.25, 0.3) is 0 Å². The minimum atomic E-state index is 0.0660. The smallest absolute Gasteiger partial charge is 0.224 e. The lowest BCUT2D eigenvalue weighted by Gasteiger charge is -2.08. The third-order valence-corrected chi connectivity index (χ3v) is 4.84. The lowest BCUT2D eigenvalue weighted by Crippen LogP contribution is -2.25. The van der Waals surface area contributed by atoms with Gasteiger partial charge in [0.2, 0.25) is 5.91 Å². The van der Waals surface area contributed by atoms with Gasteiger partial charge in [-0.3, -0.25) is 9.78 Å². The van der Waals surface area contributed by atoms with E-state index in [9.17, 15) is 4.79 Å². The van der Waals surface area contributed by atoms with Crippen molar-refractivity contribution in [1.29, 1.82) is 0 Å². The van der Waals surface area contributed by atoms with Crippen molar-refractivity contribution in [2.24, 2.45) is 5.92 Å². The summed E-state index contributed by atoms with van der Waals surface area (Å²) < 4.78 is 5.18. The molecule has 2 aromatic carbocycles. The molecule has 0 spiro atoms. The molecule has 25 heavy (non-hydrogen) atoms. The predicted molar refractivity (Wildman–Crippen MR) is 97.4 cm³/mol. The molecule has 4 heteroatoms. The number of carbonyl (C=O) groups excluding carboxylic acids is 1. The number of nitrogens with one attached hydrogen (secondary N) is 1. The number of nitrogens with zero attached hydrogens (tertiary/aromatic N) is 1. The van der Waals surface area contributed by atoms with Crippen molar-refractivity contribution < 1.29 is 9.53 Å². The fraction of sp³-hybridized carbons (Fsp3) is 0.238. The number of carbonyl (C=O) groups is 1. The SMILES string of the molecule is COc1ccc([C@@H]2C[C@H]2C(=O)NCc2cccc3cccnc23)cc1. The number of fused-ring (bicyclic) bond motifs is 1. The number of para-hydroxylation sites is 1. The summed E-state index contributed by atoms with van der Waals surface area (Å²) in [6.45, 7) is 0.513. The monoisotopic (exact) mass is 332 g/mol. The second-order valence-electron chi connectivity index (χ2n) is 6.43. The van der Waals surface area contributed by atoms with E-state index in [0.29, 0.717) is 12.5 Å². The summed E-state index contributed by atoms with van der Waals surface area (Å²) in [7, 11) is 1.66. The van der Waals surface area contributed by atoms with E-state index in [1.165, 1.54) is 5.56 Å². The molecule has 0 bridgehead atoms. The zero-order valence-electron chi connectivity index (χ0n) is 14.1. The van der Waals surface area contributed by atoms with Crippen molar-refractivity contribution in [2.75, 3.05) is 7.11 Å². The number of rotatable bonds is 5. The first-order chi connectivity index (χ1) is 12.3. The molecule has 4 nitrogen and oxygen atoms in total. The second-order valence-corrected chi connectivity index (χ2v) is 6.43. The molecule has 1 fully saturated rings. The maximum absolute atomic E-state index is 12.5. The molecule has 1 aliphatic carbocycles. The van der Waals surface area contributed by atoms with Crippen LogP contribution in [0.4, 0.5) is 0 Å². The highest BCUT2D eigenvalue weighted by molar-refractivity contribution is 5.85. The molecular weight excluding hydrogens is 312 g/mol. The van der Waals surface area contributed by atoms with Gasteiger partial charge in [0.15, 0.2) is 0 Å². The largest absolute Gasteiger partial charge is 0.497 e. The van der Waals surface area contributed by atoms with Crippen LogP contribution in [-0.4, -0.2) is 18.0 Å². The Labute approximate surface area is 146 Å². The fourth-order valence-corrected chi connectivity index (χ4v) is 3.33. The molecule has 1 N–H and O–H groups in total. The Morgan fingerprint density at radius 1 is 1.16 bits per heavy atom. The van der Waals surface area contributed by atoms with E-state index >= 15 is 0 Å². The van der Waals surface area contributed by atoms with Gasteiger partial charge >= 0.3 is 0 Å². The first-order valence-electron chi connectivity index (χ1n) is 8.50. The molecular formula is C21H20N2O2. The highest BCUT2D eigenvalue weighted by Crippen LogP contribution is 2.47. The van der Waals surface area contributed by atoms with Crippen LogP contribution in [0.25, 0.3) is 10.9 Å². The van der Waals surface area contributed by atoms with Crippen LogP contribution < -0.4 is 10.1 Å². The second kappa shape index (κ2) is 6.55. The van der Waals surface area contributed by atoms with Crippen molar-refractivity contribution in [3.63, 3.8) is 0 Å². The lowest BCUT2D eigenvalue weighted by atomic mass is 10.1. The number of aromatic nitrogens is 1. The van der Waals surface area contributed by atoms with E-state index in [4.69, 9.17) is 4.74 Å². The molecule has 3 aromatic rings. The van der Waals surface area contributed by atoms with Crippen molar-refractivity contribution in [3.05, 3.63) is 71.9 Å². The molecule has 0 saturated heterocycles. The number of hydrogen-bond donors (Lipinski definition) is 1. The van der Waals surface area contributed by atoms with E-state index in [1.807, 2.05) is 54.6 Å². The van der Waals surface area contributed by atoms with Crippen molar-refractivity contribution in [3.8, 4) is 5.75 Å². The van der Waals surface area contributed by atoms with Gasteiger partial charge in [0.05, 0.1) is 12.6 Å². The van der Waals surface area contributed by atoms with Gasteiger partial charge < -0.3 is 10.1 Å². The fourth-order valence-electron chi connectivity index (χ4n) is 3.33. The minimum Gasteiger partial charge on any atom is -0.497 e. The predicted octanol–water partition coefficient (Wildman–Crippen LogP) is 3.66. The number of benzene rings is 2. The number of amides is 1. The third-order valence-electron chi connectivity index (χ3n) is 4.84. The van der Waals surface area contributed by atoms with E-state index in [0.717, 1.165) is 28.6 Å². The van der Waals surface area contributed by atoms with Crippen LogP contribution in [-0.2, 0) is 11.3 Å². The van der Waals surface area contributed by atoms with Crippen LogP contribution in [0.2, 0.25) is 0 Å². The van der Waals surface area contributed by atoms with Crippen LogP contribution >= 0.6 is 0 Å². The maximum atomic E-state index is 12.5. The minimum absolute atomic E-state index is 0.0660. The Balaban J connectivity index is 1.39. The van der Waals surface area contributed by atoms with Gasteiger partial charge in [-0.25, -0.2) is 0 Å². The Morgan fingerprint density at radius 3 is 2.76 bits per heavy atom.